The average molecular weight is 427 g/mol. The number of anilines is 1. The molecule has 0 radical (unpaired) electrons. The first-order valence-electron chi connectivity index (χ1n) is 10.1. The van der Waals surface area contributed by atoms with E-state index in [-0.39, 0.29) is 5.91 Å². The number of primary amides is 1. The van der Waals surface area contributed by atoms with E-state index in [1.54, 1.807) is 66.9 Å². The number of benzene rings is 2. The van der Waals surface area contributed by atoms with Crippen molar-refractivity contribution in [3.63, 3.8) is 0 Å². The van der Waals surface area contributed by atoms with Gasteiger partial charge in [-0.3, -0.25) is 9.59 Å². The van der Waals surface area contributed by atoms with Gasteiger partial charge in [-0.05, 0) is 60.7 Å². The molecule has 8 nitrogen and oxygen atoms in total. The number of nitrogens with two attached hydrogens (primary N) is 1. The monoisotopic (exact) mass is 427 g/mol. The number of nitrogens with zero attached hydrogens (tertiary/aromatic N) is 4. The van der Waals surface area contributed by atoms with E-state index in [2.05, 4.69) is 16.0 Å². The molecule has 1 aliphatic heterocycles. The lowest BCUT2D eigenvalue weighted by Gasteiger charge is -2.35. The Balaban J connectivity index is 1.35. The maximum absolute atomic E-state index is 12.9. The predicted octanol–water partition coefficient (Wildman–Crippen LogP) is 2.81. The Hall–Kier alpha value is -4.38. The molecule has 1 fully saturated rings. The highest BCUT2D eigenvalue weighted by atomic mass is 16.5. The van der Waals surface area contributed by atoms with Gasteiger partial charge >= 0.3 is 0 Å². The summed E-state index contributed by atoms with van der Waals surface area (Å²) >= 11 is 0. The molecule has 0 unspecified atom stereocenters. The molecule has 0 saturated carbocycles. The second-order valence-corrected chi connectivity index (χ2v) is 7.31. The molecule has 160 valence electrons. The van der Waals surface area contributed by atoms with Crippen molar-refractivity contribution in [2.45, 2.75) is 0 Å². The van der Waals surface area contributed by atoms with Gasteiger partial charge in [-0.15, -0.1) is 0 Å². The fraction of sp³-hybridized carbons (Fsp3) is 0.167. The van der Waals surface area contributed by atoms with Gasteiger partial charge in [0.05, 0.1) is 11.6 Å². The standard InChI is InChI=1S/C24H21N5O3/c25-16-17-9-10-27-22(15-17)28-11-13-29(14-12-28)24(31)19-3-7-21(8-4-19)32-20-5-1-18(2-6-20)23(26)30/h1-10,15H,11-14H2,(H2,26,30). The Morgan fingerprint density at radius 1 is 0.906 bits per heavy atom. The van der Waals surface area contributed by atoms with Crippen molar-refractivity contribution in [1.29, 1.82) is 5.26 Å². The molecule has 0 bridgehead atoms. The molecule has 2 heterocycles. The maximum atomic E-state index is 12.9. The number of pyridine rings is 1. The molecule has 1 aliphatic rings. The summed E-state index contributed by atoms with van der Waals surface area (Å²) in [7, 11) is 0. The lowest BCUT2D eigenvalue weighted by molar-refractivity contribution is 0.0746. The van der Waals surface area contributed by atoms with Crippen molar-refractivity contribution in [3.05, 3.63) is 83.6 Å². The molecular weight excluding hydrogens is 406 g/mol. The summed E-state index contributed by atoms with van der Waals surface area (Å²) in [6, 6.07) is 19.0. The maximum Gasteiger partial charge on any atom is 0.253 e. The van der Waals surface area contributed by atoms with Crippen LogP contribution in [0.1, 0.15) is 26.3 Å². The third kappa shape index (κ3) is 4.68. The van der Waals surface area contributed by atoms with Gasteiger partial charge in [-0.1, -0.05) is 0 Å². The van der Waals surface area contributed by atoms with Crippen molar-refractivity contribution >= 4 is 17.6 Å². The summed E-state index contributed by atoms with van der Waals surface area (Å²) in [4.78, 5) is 32.2. The van der Waals surface area contributed by atoms with E-state index in [1.807, 2.05) is 4.90 Å². The first-order chi connectivity index (χ1) is 15.5. The van der Waals surface area contributed by atoms with Gasteiger partial charge < -0.3 is 20.3 Å². The number of ether oxygens (including phenoxy) is 1. The fourth-order valence-corrected chi connectivity index (χ4v) is 3.47. The minimum Gasteiger partial charge on any atom is -0.457 e. The van der Waals surface area contributed by atoms with Crippen molar-refractivity contribution in [2.75, 3.05) is 31.1 Å². The topological polar surface area (TPSA) is 113 Å². The normalized spacial score (nSPS) is 13.3. The van der Waals surface area contributed by atoms with Crippen LogP contribution < -0.4 is 15.4 Å². The zero-order valence-corrected chi connectivity index (χ0v) is 17.3. The van der Waals surface area contributed by atoms with Crippen LogP contribution in [-0.4, -0.2) is 47.9 Å². The molecule has 4 rings (SSSR count). The molecule has 1 aromatic heterocycles. The van der Waals surface area contributed by atoms with Crippen molar-refractivity contribution in [1.82, 2.24) is 9.88 Å². The number of hydrogen-bond acceptors (Lipinski definition) is 6. The number of piperazine rings is 1. The Morgan fingerprint density at radius 3 is 2.06 bits per heavy atom. The minimum atomic E-state index is -0.493. The minimum absolute atomic E-state index is 0.0410. The van der Waals surface area contributed by atoms with E-state index in [0.717, 1.165) is 5.82 Å². The van der Waals surface area contributed by atoms with Crippen LogP contribution >= 0.6 is 0 Å². The van der Waals surface area contributed by atoms with Crippen molar-refractivity contribution < 1.29 is 14.3 Å². The zero-order valence-electron chi connectivity index (χ0n) is 17.3. The van der Waals surface area contributed by atoms with Crippen LogP contribution in [0.3, 0.4) is 0 Å². The lowest BCUT2D eigenvalue weighted by Crippen LogP contribution is -2.49. The van der Waals surface area contributed by atoms with Gasteiger partial charge in [0.15, 0.2) is 0 Å². The fourth-order valence-electron chi connectivity index (χ4n) is 3.47. The Bertz CT molecular complexity index is 1160. The Morgan fingerprint density at radius 2 is 1.50 bits per heavy atom. The van der Waals surface area contributed by atoms with Gasteiger partial charge in [0.25, 0.3) is 5.91 Å². The molecule has 0 aliphatic carbocycles. The van der Waals surface area contributed by atoms with Crippen LogP contribution in [0, 0.1) is 11.3 Å². The second-order valence-electron chi connectivity index (χ2n) is 7.31. The highest BCUT2D eigenvalue weighted by molar-refractivity contribution is 5.94. The van der Waals surface area contributed by atoms with Crippen LogP contribution in [0.2, 0.25) is 0 Å². The van der Waals surface area contributed by atoms with Crippen LogP contribution in [0.4, 0.5) is 5.82 Å². The smallest absolute Gasteiger partial charge is 0.253 e. The Labute approximate surface area is 185 Å². The van der Waals surface area contributed by atoms with Crippen LogP contribution in [-0.2, 0) is 0 Å². The molecule has 3 aromatic rings. The summed E-state index contributed by atoms with van der Waals surface area (Å²) in [5.41, 5.74) is 6.80. The average Bonchev–Trinajstić information content (AvgIpc) is 2.84. The first-order valence-corrected chi connectivity index (χ1v) is 10.1. The SMILES string of the molecule is N#Cc1ccnc(N2CCN(C(=O)c3ccc(Oc4ccc(C(N)=O)cc4)cc3)CC2)c1. The van der Waals surface area contributed by atoms with Crippen LogP contribution in [0.25, 0.3) is 0 Å². The van der Waals surface area contributed by atoms with E-state index >= 15 is 0 Å². The number of nitriles is 1. The zero-order chi connectivity index (χ0) is 22.5. The van der Waals surface area contributed by atoms with Gasteiger partial charge in [-0.2, -0.15) is 5.26 Å². The van der Waals surface area contributed by atoms with E-state index in [0.29, 0.717) is 54.4 Å². The first kappa shape index (κ1) is 20.9. The number of carbonyl (C=O) groups excluding carboxylic acids is 2. The summed E-state index contributed by atoms with van der Waals surface area (Å²) in [6.07, 6.45) is 1.63. The van der Waals surface area contributed by atoms with Crippen molar-refractivity contribution in [3.8, 4) is 17.6 Å². The van der Waals surface area contributed by atoms with Gasteiger partial charge in [0, 0.05) is 43.5 Å². The van der Waals surface area contributed by atoms with E-state index < -0.39 is 5.91 Å². The number of aromatic nitrogens is 1. The van der Waals surface area contributed by atoms with Gasteiger partial charge in [-0.25, -0.2) is 4.98 Å². The molecule has 2 aromatic carbocycles. The lowest BCUT2D eigenvalue weighted by atomic mass is 10.1. The third-order valence-electron chi connectivity index (χ3n) is 5.24. The molecule has 1 saturated heterocycles. The van der Waals surface area contributed by atoms with Gasteiger partial charge in [0.1, 0.15) is 17.3 Å². The summed E-state index contributed by atoms with van der Waals surface area (Å²) in [5.74, 6) is 1.37. The molecular formula is C24H21N5O3. The number of hydrogen-bond donors (Lipinski definition) is 1. The number of amides is 2. The number of carbonyl (C=O) groups is 2. The highest BCUT2D eigenvalue weighted by Gasteiger charge is 2.23. The quantitative estimate of drug-likeness (QED) is 0.670. The molecule has 0 spiro atoms. The summed E-state index contributed by atoms with van der Waals surface area (Å²) in [6.45, 7) is 2.44. The molecule has 0 atom stereocenters. The Kier molecular flexibility index (Phi) is 5.99. The van der Waals surface area contributed by atoms with E-state index in [4.69, 9.17) is 15.7 Å². The second kappa shape index (κ2) is 9.18. The number of rotatable bonds is 5. The summed E-state index contributed by atoms with van der Waals surface area (Å²) in [5, 5.41) is 9.06. The molecule has 8 heteroatoms. The molecule has 2 N–H and O–H groups in total. The molecule has 32 heavy (non-hydrogen) atoms. The van der Waals surface area contributed by atoms with Crippen LogP contribution in [0.15, 0.2) is 66.9 Å². The van der Waals surface area contributed by atoms with E-state index in [1.165, 1.54) is 0 Å². The highest BCUT2D eigenvalue weighted by Crippen LogP contribution is 2.23. The molecule has 2 amide bonds. The van der Waals surface area contributed by atoms with Crippen LogP contribution in [0.5, 0.6) is 11.5 Å². The summed E-state index contributed by atoms with van der Waals surface area (Å²) < 4.78 is 5.76. The van der Waals surface area contributed by atoms with E-state index in [9.17, 15) is 9.59 Å². The predicted molar refractivity (Wildman–Crippen MR) is 119 cm³/mol. The largest absolute Gasteiger partial charge is 0.457 e. The third-order valence-corrected chi connectivity index (χ3v) is 5.24. The van der Waals surface area contributed by atoms with Crippen molar-refractivity contribution in [2.24, 2.45) is 5.73 Å². The van der Waals surface area contributed by atoms with Gasteiger partial charge in [0.2, 0.25) is 5.91 Å².